The van der Waals surface area contributed by atoms with Crippen molar-refractivity contribution < 1.29 is 8.42 Å². The molecule has 1 aliphatic rings. The predicted octanol–water partition coefficient (Wildman–Crippen LogP) is 1.14. The standard InChI is InChI=1S/C8H9BrN2O2S/c9-7-3-10-8(11-4-7)6-1-2-14(12,13)5-6/h3-4,6H,1-2,5H2. The Morgan fingerprint density at radius 2 is 2.00 bits per heavy atom. The van der Waals surface area contributed by atoms with Crippen molar-refractivity contribution in [2.75, 3.05) is 11.5 Å². The van der Waals surface area contributed by atoms with E-state index in [4.69, 9.17) is 0 Å². The van der Waals surface area contributed by atoms with Gasteiger partial charge in [0.15, 0.2) is 9.84 Å². The Balaban J connectivity index is 2.22. The van der Waals surface area contributed by atoms with Crippen LogP contribution in [0.15, 0.2) is 16.9 Å². The number of hydrogen-bond donors (Lipinski definition) is 0. The Morgan fingerprint density at radius 1 is 1.36 bits per heavy atom. The molecule has 14 heavy (non-hydrogen) atoms. The molecule has 1 saturated heterocycles. The molecule has 0 spiro atoms. The molecule has 1 atom stereocenters. The highest BCUT2D eigenvalue weighted by atomic mass is 79.9. The van der Waals surface area contributed by atoms with E-state index in [-0.39, 0.29) is 17.4 Å². The van der Waals surface area contributed by atoms with Crippen molar-refractivity contribution in [3.05, 3.63) is 22.7 Å². The lowest BCUT2D eigenvalue weighted by molar-refractivity contribution is 0.601. The zero-order valence-electron chi connectivity index (χ0n) is 7.35. The summed E-state index contributed by atoms with van der Waals surface area (Å²) in [6.07, 6.45) is 3.94. The highest BCUT2D eigenvalue weighted by Crippen LogP contribution is 2.26. The maximum Gasteiger partial charge on any atom is 0.151 e. The second-order valence-corrected chi connectivity index (χ2v) is 6.50. The molecule has 1 aliphatic heterocycles. The van der Waals surface area contributed by atoms with Gasteiger partial charge in [0.2, 0.25) is 0 Å². The van der Waals surface area contributed by atoms with Gasteiger partial charge in [-0.2, -0.15) is 0 Å². The van der Waals surface area contributed by atoms with Crippen molar-refractivity contribution in [1.82, 2.24) is 9.97 Å². The van der Waals surface area contributed by atoms with Gasteiger partial charge in [0.1, 0.15) is 5.82 Å². The summed E-state index contributed by atoms with van der Waals surface area (Å²) in [5, 5.41) is 0. The number of nitrogens with zero attached hydrogens (tertiary/aromatic N) is 2. The van der Waals surface area contributed by atoms with E-state index in [2.05, 4.69) is 25.9 Å². The number of hydrogen-bond acceptors (Lipinski definition) is 4. The lowest BCUT2D eigenvalue weighted by Crippen LogP contribution is -2.06. The van der Waals surface area contributed by atoms with Gasteiger partial charge in [-0.1, -0.05) is 0 Å². The van der Waals surface area contributed by atoms with Gasteiger partial charge in [-0.3, -0.25) is 0 Å². The molecule has 0 aromatic carbocycles. The average molecular weight is 277 g/mol. The molecule has 1 fully saturated rings. The molecule has 0 aliphatic carbocycles. The van der Waals surface area contributed by atoms with Gasteiger partial charge < -0.3 is 0 Å². The van der Waals surface area contributed by atoms with E-state index in [0.29, 0.717) is 12.2 Å². The predicted molar refractivity (Wildman–Crippen MR) is 55.7 cm³/mol. The maximum atomic E-state index is 11.2. The van der Waals surface area contributed by atoms with Crippen LogP contribution in [0.1, 0.15) is 18.2 Å². The molecule has 6 heteroatoms. The van der Waals surface area contributed by atoms with Crippen LogP contribution >= 0.6 is 15.9 Å². The topological polar surface area (TPSA) is 59.9 Å². The van der Waals surface area contributed by atoms with Gasteiger partial charge in [-0.05, 0) is 22.4 Å². The Morgan fingerprint density at radius 3 is 2.50 bits per heavy atom. The molecule has 1 aromatic rings. The molecule has 1 aromatic heterocycles. The summed E-state index contributed by atoms with van der Waals surface area (Å²) in [4.78, 5) is 8.21. The molecule has 2 rings (SSSR count). The number of aromatic nitrogens is 2. The van der Waals surface area contributed by atoms with Gasteiger partial charge in [-0.15, -0.1) is 0 Å². The third-order valence-corrected chi connectivity index (χ3v) is 4.42. The minimum absolute atomic E-state index is 0.0203. The van der Waals surface area contributed by atoms with E-state index in [1.807, 2.05) is 0 Å². The number of sulfone groups is 1. The zero-order chi connectivity index (χ0) is 10.2. The van der Waals surface area contributed by atoms with Crippen molar-refractivity contribution in [2.24, 2.45) is 0 Å². The smallest absolute Gasteiger partial charge is 0.151 e. The normalized spacial score (nSPS) is 25.1. The summed E-state index contributed by atoms with van der Waals surface area (Å²) in [5.74, 6) is 1.06. The molecule has 0 bridgehead atoms. The molecule has 0 saturated carbocycles. The molecule has 2 heterocycles. The lowest BCUT2D eigenvalue weighted by Gasteiger charge is -2.04. The highest BCUT2D eigenvalue weighted by molar-refractivity contribution is 9.10. The Kier molecular flexibility index (Phi) is 2.57. The monoisotopic (exact) mass is 276 g/mol. The van der Waals surface area contributed by atoms with Crippen LogP contribution in [-0.2, 0) is 9.84 Å². The fourth-order valence-corrected chi connectivity index (χ4v) is 3.48. The summed E-state index contributed by atoms with van der Waals surface area (Å²) < 4.78 is 23.2. The first-order valence-electron chi connectivity index (χ1n) is 4.25. The summed E-state index contributed by atoms with van der Waals surface area (Å²) in [6, 6.07) is 0. The van der Waals surface area contributed by atoms with E-state index < -0.39 is 9.84 Å². The van der Waals surface area contributed by atoms with E-state index in [9.17, 15) is 8.42 Å². The van der Waals surface area contributed by atoms with Crippen LogP contribution in [0, 0.1) is 0 Å². The first kappa shape index (κ1) is 10.0. The van der Waals surface area contributed by atoms with Crippen LogP contribution in [0.5, 0.6) is 0 Å². The van der Waals surface area contributed by atoms with Crippen molar-refractivity contribution in [3.8, 4) is 0 Å². The second kappa shape index (κ2) is 3.58. The minimum Gasteiger partial charge on any atom is -0.240 e. The maximum absolute atomic E-state index is 11.2. The van der Waals surface area contributed by atoms with Gasteiger partial charge in [-0.25, -0.2) is 18.4 Å². The van der Waals surface area contributed by atoms with E-state index >= 15 is 0 Å². The van der Waals surface area contributed by atoms with Crippen LogP contribution in [-0.4, -0.2) is 29.9 Å². The fraction of sp³-hybridized carbons (Fsp3) is 0.500. The van der Waals surface area contributed by atoms with Crippen molar-refractivity contribution in [2.45, 2.75) is 12.3 Å². The lowest BCUT2D eigenvalue weighted by atomic mass is 10.1. The molecule has 0 radical (unpaired) electrons. The third kappa shape index (κ3) is 2.12. The minimum atomic E-state index is -2.85. The van der Waals surface area contributed by atoms with Gasteiger partial charge in [0.05, 0.1) is 16.0 Å². The van der Waals surface area contributed by atoms with Crippen LogP contribution < -0.4 is 0 Å². The Hall–Kier alpha value is -0.490. The fourth-order valence-electron chi connectivity index (χ4n) is 1.53. The molecule has 76 valence electrons. The molecule has 0 amide bonds. The van der Waals surface area contributed by atoms with Crippen molar-refractivity contribution in [1.29, 1.82) is 0 Å². The number of halogens is 1. The van der Waals surface area contributed by atoms with Crippen LogP contribution in [0.25, 0.3) is 0 Å². The summed E-state index contributed by atoms with van der Waals surface area (Å²) in [5.41, 5.74) is 0. The van der Waals surface area contributed by atoms with Crippen LogP contribution in [0.2, 0.25) is 0 Å². The number of rotatable bonds is 1. The summed E-state index contributed by atoms with van der Waals surface area (Å²) in [7, 11) is -2.85. The van der Waals surface area contributed by atoms with Crippen LogP contribution in [0.3, 0.4) is 0 Å². The van der Waals surface area contributed by atoms with Crippen molar-refractivity contribution in [3.63, 3.8) is 0 Å². The average Bonchev–Trinajstić information content (AvgIpc) is 2.47. The third-order valence-electron chi connectivity index (χ3n) is 2.24. The summed E-state index contributed by atoms with van der Waals surface area (Å²) in [6.45, 7) is 0. The molecule has 1 unspecified atom stereocenters. The molecule has 4 nitrogen and oxygen atoms in total. The molecular weight excluding hydrogens is 268 g/mol. The quantitative estimate of drug-likeness (QED) is 0.772. The SMILES string of the molecule is O=S1(=O)CCC(c2ncc(Br)cn2)C1. The van der Waals surface area contributed by atoms with E-state index in [1.54, 1.807) is 12.4 Å². The Bertz CT molecular complexity index is 429. The largest absolute Gasteiger partial charge is 0.240 e. The zero-order valence-corrected chi connectivity index (χ0v) is 9.75. The Labute approximate surface area is 90.8 Å². The summed E-state index contributed by atoms with van der Waals surface area (Å²) >= 11 is 3.23. The van der Waals surface area contributed by atoms with E-state index in [0.717, 1.165) is 4.47 Å². The van der Waals surface area contributed by atoms with Gasteiger partial charge >= 0.3 is 0 Å². The van der Waals surface area contributed by atoms with Gasteiger partial charge in [0.25, 0.3) is 0 Å². The highest BCUT2D eigenvalue weighted by Gasteiger charge is 2.30. The molecule has 0 N–H and O–H groups in total. The molecular formula is C8H9BrN2O2S. The second-order valence-electron chi connectivity index (χ2n) is 3.36. The first-order chi connectivity index (χ1) is 6.57. The van der Waals surface area contributed by atoms with Gasteiger partial charge in [0, 0.05) is 18.3 Å². The van der Waals surface area contributed by atoms with Crippen LogP contribution in [0.4, 0.5) is 0 Å². The first-order valence-corrected chi connectivity index (χ1v) is 6.86. The van der Waals surface area contributed by atoms with Crippen molar-refractivity contribution >= 4 is 25.8 Å². The van der Waals surface area contributed by atoms with E-state index in [1.165, 1.54) is 0 Å².